The Morgan fingerprint density at radius 2 is 1.86 bits per heavy atom. The zero-order chi connectivity index (χ0) is 15.4. The van der Waals surface area contributed by atoms with Gasteiger partial charge in [-0.1, -0.05) is 29.8 Å². The van der Waals surface area contributed by atoms with Gasteiger partial charge in [0.2, 0.25) is 0 Å². The van der Waals surface area contributed by atoms with Crippen LogP contribution in [0, 0.1) is 17.0 Å². The average molecular weight is 322 g/mol. The van der Waals surface area contributed by atoms with E-state index in [4.69, 9.17) is 23.8 Å². The van der Waals surface area contributed by atoms with Gasteiger partial charge in [0, 0.05) is 17.8 Å². The Morgan fingerprint density at radius 3 is 2.52 bits per heavy atom. The molecule has 108 valence electrons. The van der Waals surface area contributed by atoms with Crippen molar-refractivity contribution in [3.05, 3.63) is 63.2 Å². The Kier molecular flexibility index (Phi) is 4.72. The summed E-state index contributed by atoms with van der Waals surface area (Å²) in [5.74, 6) is 0. The minimum absolute atomic E-state index is 0.0550. The smallest absolute Gasteiger partial charge is 0.271 e. The number of non-ortho nitro benzene ring substituents is 1. The van der Waals surface area contributed by atoms with Crippen LogP contribution in [0.4, 0.5) is 17.1 Å². The fraction of sp³-hybridized carbons (Fsp3) is 0.0714. The van der Waals surface area contributed by atoms with E-state index < -0.39 is 4.92 Å². The number of benzene rings is 2. The maximum Gasteiger partial charge on any atom is 0.271 e. The zero-order valence-electron chi connectivity index (χ0n) is 11.1. The lowest BCUT2D eigenvalue weighted by molar-refractivity contribution is -0.384. The number of nitro groups is 1. The molecule has 0 saturated heterocycles. The lowest BCUT2D eigenvalue weighted by Crippen LogP contribution is -2.19. The predicted molar refractivity (Wildman–Crippen MR) is 89.1 cm³/mol. The third-order valence-corrected chi connectivity index (χ3v) is 3.34. The van der Waals surface area contributed by atoms with Crippen LogP contribution in [0.1, 0.15) is 5.56 Å². The first kappa shape index (κ1) is 15.2. The van der Waals surface area contributed by atoms with Crippen LogP contribution in [0.25, 0.3) is 0 Å². The summed E-state index contributed by atoms with van der Waals surface area (Å²) in [6.07, 6.45) is 0. The Morgan fingerprint density at radius 1 is 1.19 bits per heavy atom. The van der Waals surface area contributed by atoms with E-state index in [1.807, 2.05) is 31.2 Å². The third kappa shape index (κ3) is 3.90. The first-order chi connectivity index (χ1) is 9.97. The Balaban J connectivity index is 2.15. The molecule has 2 N–H and O–H groups in total. The standard InChI is InChI=1S/C14H12ClN3O2S/c1-9-4-2-3-5-12(9)16-14(21)17-13-8-10(18(19)20)6-7-11(13)15/h2-8H,1H3,(H2,16,17,21). The SMILES string of the molecule is Cc1ccccc1NC(=S)Nc1cc([N+](=O)[O-])ccc1Cl. The largest absolute Gasteiger partial charge is 0.332 e. The van der Waals surface area contributed by atoms with Gasteiger partial charge in [-0.05, 0) is 36.8 Å². The molecule has 0 amide bonds. The number of nitrogens with zero attached hydrogens (tertiary/aromatic N) is 1. The first-order valence-corrected chi connectivity index (χ1v) is 6.83. The molecule has 0 aliphatic carbocycles. The van der Waals surface area contributed by atoms with Crippen molar-refractivity contribution in [1.29, 1.82) is 0 Å². The van der Waals surface area contributed by atoms with Gasteiger partial charge < -0.3 is 10.6 Å². The van der Waals surface area contributed by atoms with E-state index in [-0.39, 0.29) is 5.69 Å². The summed E-state index contributed by atoms with van der Waals surface area (Å²) in [7, 11) is 0. The van der Waals surface area contributed by atoms with Gasteiger partial charge in [-0.25, -0.2) is 0 Å². The van der Waals surface area contributed by atoms with Crippen molar-refractivity contribution >= 4 is 46.0 Å². The van der Waals surface area contributed by atoms with E-state index in [1.54, 1.807) is 0 Å². The van der Waals surface area contributed by atoms with Gasteiger partial charge in [-0.2, -0.15) is 0 Å². The second-order valence-corrected chi connectivity index (χ2v) is 5.13. The van der Waals surface area contributed by atoms with E-state index in [1.165, 1.54) is 18.2 Å². The molecule has 2 aromatic rings. The van der Waals surface area contributed by atoms with Crippen molar-refractivity contribution in [2.45, 2.75) is 6.92 Å². The Labute approximate surface area is 132 Å². The van der Waals surface area contributed by atoms with E-state index in [2.05, 4.69) is 10.6 Å². The molecule has 0 atom stereocenters. The number of nitro benzene ring substituents is 1. The van der Waals surface area contributed by atoms with Crippen LogP contribution in [0.15, 0.2) is 42.5 Å². The number of nitrogens with one attached hydrogen (secondary N) is 2. The minimum Gasteiger partial charge on any atom is -0.332 e. The summed E-state index contributed by atoms with van der Waals surface area (Å²) >= 11 is 11.2. The molecule has 0 aliphatic heterocycles. The molecule has 2 aromatic carbocycles. The summed E-state index contributed by atoms with van der Waals surface area (Å²) in [5.41, 5.74) is 2.22. The molecular formula is C14H12ClN3O2S. The molecule has 2 rings (SSSR count). The number of hydrogen-bond acceptors (Lipinski definition) is 3. The number of rotatable bonds is 3. The van der Waals surface area contributed by atoms with Gasteiger partial charge in [-0.3, -0.25) is 10.1 Å². The van der Waals surface area contributed by atoms with Crippen LogP contribution in [0.5, 0.6) is 0 Å². The van der Waals surface area contributed by atoms with Crippen LogP contribution in [-0.2, 0) is 0 Å². The van der Waals surface area contributed by atoms with Crippen LogP contribution < -0.4 is 10.6 Å². The summed E-state index contributed by atoms with van der Waals surface area (Å²) in [6, 6.07) is 11.8. The van der Waals surface area contributed by atoms with E-state index in [0.29, 0.717) is 15.8 Å². The molecule has 0 fully saturated rings. The number of hydrogen-bond donors (Lipinski definition) is 2. The number of para-hydroxylation sites is 1. The lowest BCUT2D eigenvalue weighted by atomic mass is 10.2. The van der Waals surface area contributed by atoms with E-state index >= 15 is 0 Å². The molecule has 0 aliphatic rings. The highest BCUT2D eigenvalue weighted by Gasteiger charge is 2.11. The number of thiocarbonyl (C=S) groups is 1. The summed E-state index contributed by atoms with van der Waals surface area (Å²) < 4.78 is 0. The average Bonchev–Trinajstić information content (AvgIpc) is 2.43. The summed E-state index contributed by atoms with van der Waals surface area (Å²) in [6.45, 7) is 1.95. The van der Waals surface area contributed by atoms with Crippen LogP contribution in [0.2, 0.25) is 5.02 Å². The number of halogens is 1. The first-order valence-electron chi connectivity index (χ1n) is 6.05. The quantitative estimate of drug-likeness (QED) is 0.499. The molecular weight excluding hydrogens is 310 g/mol. The second kappa shape index (κ2) is 6.51. The molecule has 0 unspecified atom stereocenters. The molecule has 0 heterocycles. The molecule has 0 spiro atoms. The van der Waals surface area contributed by atoms with E-state index in [9.17, 15) is 10.1 Å². The van der Waals surface area contributed by atoms with Gasteiger partial charge in [0.15, 0.2) is 5.11 Å². The van der Waals surface area contributed by atoms with Crippen molar-refractivity contribution < 1.29 is 4.92 Å². The molecule has 0 radical (unpaired) electrons. The Bertz CT molecular complexity index is 706. The fourth-order valence-electron chi connectivity index (χ4n) is 1.71. The van der Waals surface area contributed by atoms with Crippen molar-refractivity contribution in [1.82, 2.24) is 0 Å². The molecule has 7 heteroatoms. The highest BCUT2D eigenvalue weighted by atomic mass is 35.5. The highest BCUT2D eigenvalue weighted by molar-refractivity contribution is 7.80. The third-order valence-electron chi connectivity index (χ3n) is 2.80. The zero-order valence-corrected chi connectivity index (χ0v) is 12.7. The maximum atomic E-state index is 10.8. The molecule has 21 heavy (non-hydrogen) atoms. The molecule has 0 saturated carbocycles. The normalized spacial score (nSPS) is 10.0. The van der Waals surface area contributed by atoms with Crippen molar-refractivity contribution in [2.24, 2.45) is 0 Å². The van der Waals surface area contributed by atoms with Crippen LogP contribution in [0.3, 0.4) is 0 Å². The summed E-state index contributed by atoms with van der Waals surface area (Å²) in [5, 5.41) is 17.3. The molecule has 0 bridgehead atoms. The van der Waals surface area contributed by atoms with Crippen molar-refractivity contribution in [3.8, 4) is 0 Å². The van der Waals surface area contributed by atoms with Gasteiger partial charge >= 0.3 is 0 Å². The predicted octanol–water partition coefficient (Wildman–Crippen LogP) is 4.37. The second-order valence-electron chi connectivity index (χ2n) is 4.32. The Hall–Kier alpha value is -2.18. The molecule has 5 nitrogen and oxygen atoms in total. The monoisotopic (exact) mass is 321 g/mol. The highest BCUT2D eigenvalue weighted by Crippen LogP contribution is 2.27. The summed E-state index contributed by atoms with van der Waals surface area (Å²) in [4.78, 5) is 10.3. The van der Waals surface area contributed by atoms with Crippen LogP contribution in [-0.4, -0.2) is 10.0 Å². The number of anilines is 2. The van der Waals surface area contributed by atoms with Gasteiger partial charge in [0.25, 0.3) is 5.69 Å². The van der Waals surface area contributed by atoms with Crippen molar-refractivity contribution in [2.75, 3.05) is 10.6 Å². The van der Waals surface area contributed by atoms with Crippen molar-refractivity contribution in [3.63, 3.8) is 0 Å². The maximum absolute atomic E-state index is 10.8. The van der Waals surface area contributed by atoms with Gasteiger partial charge in [0.1, 0.15) is 0 Å². The fourth-order valence-corrected chi connectivity index (χ4v) is 2.10. The lowest BCUT2D eigenvalue weighted by Gasteiger charge is -2.13. The van der Waals surface area contributed by atoms with Gasteiger partial charge in [-0.15, -0.1) is 0 Å². The van der Waals surface area contributed by atoms with E-state index in [0.717, 1.165) is 11.3 Å². The number of aryl methyl sites for hydroxylation is 1. The van der Waals surface area contributed by atoms with Gasteiger partial charge in [0.05, 0.1) is 15.6 Å². The molecule has 0 aromatic heterocycles. The topological polar surface area (TPSA) is 67.2 Å². The minimum atomic E-state index is -0.487. The van der Waals surface area contributed by atoms with Crippen LogP contribution >= 0.6 is 23.8 Å².